The average Bonchev–Trinajstić information content (AvgIpc) is 2.91. The maximum absolute atomic E-state index is 12.6. The molecule has 1 fully saturated rings. The van der Waals surface area contributed by atoms with Gasteiger partial charge in [0.1, 0.15) is 0 Å². The van der Waals surface area contributed by atoms with Crippen LogP contribution in [0, 0.1) is 6.92 Å². The Morgan fingerprint density at radius 2 is 1.89 bits per heavy atom. The van der Waals surface area contributed by atoms with E-state index in [-0.39, 0.29) is 23.2 Å². The molecule has 2 aromatic rings. The molecule has 1 aliphatic heterocycles. The maximum atomic E-state index is 12.6. The van der Waals surface area contributed by atoms with Gasteiger partial charge in [-0.2, -0.15) is 0 Å². The average molecular weight is 385 g/mol. The van der Waals surface area contributed by atoms with Crippen LogP contribution < -0.4 is 9.47 Å². The van der Waals surface area contributed by atoms with E-state index in [0.717, 1.165) is 5.69 Å². The lowest BCUT2D eigenvalue weighted by atomic mass is 10.1. The minimum Gasteiger partial charge on any atom is -0.502 e. The van der Waals surface area contributed by atoms with E-state index in [4.69, 9.17) is 9.47 Å². The van der Waals surface area contributed by atoms with Crippen LogP contribution in [0.1, 0.15) is 11.3 Å². The number of aliphatic imine (C=N–C) groups is 1. The molecule has 0 aliphatic carbocycles. The van der Waals surface area contributed by atoms with Crippen LogP contribution in [0.5, 0.6) is 17.2 Å². The van der Waals surface area contributed by atoms with E-state index in [0.29, 0.717) is 21.5 Å². The summed E-state index contributed by atoms with van der Waals surface area (Å²) < 4.78 is 10.3. The second-order valence-electron chi connectivity index (χ2n) is 5.78. The van der Waals surface area contributed by atoms with Crippen molar-refractivity contribution in [3.63, 3.8) is 0 Å². The molecule has 0 spiro atoms. The summed E-state index contributed by atoms with van der Waals surface area (Å²) in [5.41, 5.74) is 1.52. The van der Waals surface area contributed by atoms with E-state index in [1.807, 2.05) is 19.1 Å². The van der Waals surface area contributed by atoms with Gasteiger partial charge in [-0.3, -0.25) is 9.69 Å². The highest BCUT2D eigenvalue weighted by Gasteiger charge is 2.30. The molecule has 1 aromatic carbocycles. The van der Waals surface area contributed by atoms with Crippen molar-refractivity contribution in [3.8, 4) is 17.2 Å². The number of aryl methyl sites for hydroxylation is 1. The van der Waals surface area contributed by atoms with Crippen molar-refractivity contribution in [1.29, 1.82) is 0 Å². The number of thioether (sulfide) groups is 1. The van der Waals surface area contributed by atoms with Gasteiger partial charge in [0.25, 0.3) is 5.91 Å². The summed E-state index contributed by atoms with van der Waals surface area (Å²) >= 11 is 1.26. The van der Waals surface area contributed by atoms with Crippen LogP contribution in [0.2, 0.25) is 0 Å². The normalized spacial score (nSPS) is 17.0. The van der Waals surface area contributed by atoms with Gasteiger partial charge >= 0.3 is 0 Å². The van der Waals surface area contributed by atoms with Crippen LogP contribution >= 0.6 is 11.8 Å². The molecule has 7 nitrogen and oxygen atoms in total. The summed E-state index contributed by atoms with van der Waals surface area (Å²) in [6, 6.07) is 8.81. The molecule has 1 saturated heterocycles. The van der Waals surface area contributed by atoms with Crippen molar-refractivity contribution in [3.05, 3.63) is 46.5 Å². The summed E-state index contributed by atoms with van der Waals surface area (Å²) in [6.07, 6.45) is 1.71. The molecule has 1 amide bonds. The molecule has 1 aliphatic rings. The molecule has 2 heterocycles. The summed E-state index contributed by atoms with van der Waals surface area (Å²) in [4.78, 5) is 23.4. The van der Waals surface area contributed by atoms with Gasteiger partial charge in [0.15, 0.2) is 22.5 Å². The van der Waals surface area contributed by atoms with E-state index in [1.54, 1.807) is 31.3 Å². The van der Waals surface area contributed by atoms with Crippen LogP contribution in [-0.2, 0) is 4.79 Å². The zero-order valence-corrected chi connectivity index (χ0v) is 16.2. The number of ether oxygens (including phenoxy) is 2. The van der Waals surface area contributed by atoms with Gasteiger partial charge in [0.05, 0.1) is 19.1 Å². The zero-order valence-electron chi connectivity index (χ0n) is 15.4. The number of nitrogens with zero attached hydrogens (tertiary/aromatic N) is 3. The van der Waals surface area contributed by atoms with Gasteiger partial charge < -0.3 is 14.6 Å². The molecule has 27 heavy (non-hydrogen) atoms. The number of hydrogen-bond acceptors (Lipinski definition) is 7. The number of carbonyl (C=O) groups excluding carboxylic acids is 1. The van der Waals surface area contributed by atoms with E-state index in [1.165, 1.54) is 30.9 Å². The smallest absolute Gasteiger partial charge is 0.266 e. The summed E-state index contributed by atoms with van der Waals surface area (Å²) in [7, 11) is 4.57. The Hall–Kier alpha value is -3.00. The number of amides is 1. The van der Waals surface area contributed by atoms with Gasteiger partial charge in [0.2, 0.25) is 5.75 Å². The molecule has 0 radical (unpaired) electrons. The fourth-order valence-electron chi connectivity index (χ4n) is 2.49. The highest BCUT2D eigenvalue weighted by atomic mass is 32.2. The Bertz CT molecular complexity index is 931. The number of amidine groups is 1. The first-order chi connectivity index (χ1) is 12.9. The largest absolute Gasteiger partial charge is 0.502 e. The fourth-order valence-corrected chi connectivity index (χ4v) is 3.46. The van der Waals surface area contributed by atoms with Crippen LogP contribution in [0.15, 0.2) is 40.2 Å². The van der Waals surface area contributed by atoms with E-state index >= 15 is 0 Å². The second kappa shape index (κ2) is 7.71. The highest BCUT2D eigenvalue weighted by Crippen LogP contribution is 2.39. The number of pyridine rings is 1. The number of rotatable bonds is 4. The van der Waals surface area contributed by atoms with Crippen LogP contribution in [0.4, 0.5) is 5.82 Å². The topological polar surface area (TPSA) is 84.3 Å². The van der Waals surface area contributed by atoms with Crippen LogP contribution in [-0.4, -0.2) is 47.3 Å². The van der Waals surface area contributed by atoms with Crippen molar-refractivity contribution in [1.82, 2.24) is 9.88 Å². The zero-order chi connectivity index (χ0) is 19.6. The number of aromatic nitrogens is 1. The van der Waals surface area contributed by atoms with Crippen LogP contribution in [0.25, 0.3) is 6.08 Å². The molecule has 1 N–H and O–H groups in total. The number of phenols is 1. The van der Waals surface area contributed by atoms with Gasteiger partial charge in [0, 0.05) is 12.7 Å². The van der Waals surface area contributed by atoms with Gasteiger partial charge in [-0.15, -0.1) is 0 Å². The number of likely N-dealkylation sites (N-methyl/N-ethyl adjacent to an activating group) is 1. The number of aromatic hydroxyl groups is 1. The third-order valence-electron chi connectivity index (χ3n) is 3.89. The molecule has 0 unspecified atom stereocenters. The van der Waals surface area contributed by atoms with Crippen molar-refractivity contribution in [2.24, 2.45) is 4.99 Å². The number of carbonyl (C=O) groups is 1. The first-order valence-corrected chi connectivity index (χ1v) is 8.89. The fraction of sp³-hybridized carbons (Fsp3) is 0.211. The van der Waals surface area contributed by atoms with Gasteiger partial charge in [-0.05, 0) is 54.6 Å². The van der Waals surface area contributed by atoms with E-state index < -0.39 is 0 Å². The lowest BCUT2D eigenvalue weighted by Crippen LogP contribution is -2.23. The lowest BCUT2D eigenvalue weighted by Gasteiger charge is -2.09. The van der Waals surface area contributed by atoms with Crippen LogP contribution in [0.3, 0.4) is 0 Å². The molecular weight excluding hydrogens is 366 g/mol. The Balaban J connectivity index is 1.95. The molecule has 1 aromatic heterocycles. The predicted octanol–water partition coefficient (Wildman–Crippen LogP) is 3.35. The van der Waals surface area contributed by atoms with Crippen molar-refractivity contribution in [2.75, 3.05) is 21.3 Å². The highest BCUT2D eigenvalue weighted by molar-refractivity contribution is 8.18. The molecule has 0 saturated carbocycles. The Labute approximate surface area is 161 Å². The number of hydrogen-bond donors (Lipinski definition) is 1. The standard InChI is InChI=1S/C19H19N3O4S/c1-11-6-5-7-16(20-11)21-19-22(2)18(24)15(27-19)10-12-8-13(25-3)17(23)14(9-12)26-4/h5-10,23H,1-4H3/b15-10-,21-19+. The van der Waals surface area contributed by atoms with Gasteiger partial charge in [-0.1, -0.05) is 6.07 Å². The summed E-state index contributed by atoms with van der Waals surface area (Å²) in [6.45, 7) is 1.89. The minimum atomic E-state index is -0.169. The van der Waals surface area contributed by atoms with E-state index in [9.17, 15) is 9.90 Å². The van der Waals surface area contributed by atoms with E-state index in [2.05, 4.69) is 9.98 Å². The summed E-state index contributed by atoms with van der Waals surface area (Å²) in [5.74, 6) is 0.826. The minimum absolute atomic E-state index is 0.0857. The van der Waals surface area contributed by atoms with Crippen molar-refractivity contribution in [2.45, 2.75) is 6.92 Å². The SMILES string of the molecule is COc1cc(/C=C2\S/C(=N/c3cccc(C)n3)N(C)C2=O)cc(OC)c1O. The molecule has 8 heteroatoms. The van der Waals surface area contributed by atoms with Crippen molar-refractivity contribution >= 4 is 34.7 Å². The second-order valence-corrected chi connectivity index (χ2v) is 6.79. The molecule has 0 bridgehead atoms. The molecule has 3 rings (SSSR count). The third-order valence-corrected chi connectivity index (χ3v) is 4.95. The third kappa shape index (κ3) is 3.90. The lowest BCUT2D eigenvalue weighted by molar-refractivity contribution is -0.121. The maximum Gasteiger partial charge on any atom is 0.266 e. The van der Waals surface area contributed by atoms with Crippen molar-refractivity contribution < 1.29 is 19.4 Å². The molecule has 0 atom stereocenters. The Morgan fingerprint density at radius 1 is 1.22 bits per heavy atom. The Morgan fingerprint density at radius 3 is 2.48 bits per heavy atom. The quantitative estimate of drug-likeness (QED) is 0.813. The van der Waals surface area contributed by atoms with Gasteiger partial charge in [-0.25, -0.2) is 9.98 Å². The monoisotopic (exact) mass is 385 g/mol. The number of methoxy groups -OCH3 is 2. The Kier molecular flexibility index (Phi) is 5.36. The number of phenolic OH excluding ortho intramolecular Hbond substituents is 1. The molecular formula is C19H19N3O4S. The number of benzene rings is 1. The molecule has 140 valence electrons. The summed E-state index contributed by atoms with van der Waals surface area (Å²) in [5, 5.41) is 10.6. The first-order valence-electron chi connectivity index (χ1n) is 8.08. The first kappa shape index (κ1) is 18.8. The predicted molar refractivity (Wildman–Crippen MR) is 106 cm³/mol.